The molecule has 6 heteroatoms. The van der Waals surface area contributed by atoms with E-state index in [4.69, 9.17) is 16.3 Å². The van der Waals surface area contributed by atoms with E-state index in [0.29, 0.717) is 16.3 Å². The van der Waals surface area contributed by atoms with Crippen LogP contribution in [0.2, 0.25) is 5.02 Å². The summed E-state index contributed by atoms with van der Waals surface area (Å²) in [7, 11) is 0. The van der Waals surface area contributed by atoms with Crippen molar-refractivity contribution in [3.05, 3.63) is 64.7 Å². The second-order valence-corrected chi connectivity index (χ2v) is 5.30. The average Bonchev–Trinajstić information content (AvgIpc) is 2.53. The Morgan fingerprint density at radius 3 is 2.61 bits per heavy atom. The van der Waals surface area contributed by atoms with Crippen molar-refractivity contribution >= 4 is 23.4 Å². The lowest BCUT2D eigenvalue weighted by molar-refractivity contribution is -0.122. The fourth-order valence-corrected chi connectivity index (χ4v) is 2.09. The molecule has 0 aromatic heterocycles. The molecule has 2 N–H and O–H groups in total. The second kappa shape index (κ2) is 8.19. The van der Waals surface area contributed by atoms with Crippen molar-refractivity contribution in [2.24, 2.45) is 0 Å². The molecule has 0 fully saturated rings. The first-order chi connectivity index (χ1) is 11.1. The number of carbonyl (C=O) groups is 2. The topological polar surface area (TPSA) is 67.4 Å². The van der Waals surface area contributed by atoms with E-state index < -0.39 is 5.91 Å². The lowest BCUT2D eigenvalue weighted by Crippen LogP contribution is -2.42. The standard InChI is InChI=1S/C17H17ClN2O3/c1-12-5-4-6-13(11-12)23-10-9-16(21)19-20-17(22)14-7-2-3-8-15(14)18/h2-8,11H,9-10H2,1H3,(H,19,21)(H,20,22). The number of hydrogen-bond acceptors (Lipinski definition) is 3. The van der Waals surface area contributed by atoms with Crippen molar-refractivity contribution in [2.45, 2.75) is 13.3 Å². The van der Waals surface area contributed by atoms with Crippen LogP contribution < -0.4 is 15.6 Å². The maximum atomic E-state index is 11.9. The van der Waals surface area contributed by atoms with Gasteiger partial charge in [0, 0.05) is 0 Å². The lowest BCUT2D eigenvalue weighted by atomic mass is 10.2. The molecular weight excluding hydrogens is 316 g/mol. The number of ether oxygens (including phenoxy) is 1. The van der Waals surface area contributed by atoms with Crippen LogP contribution in [0.1, 0.15) is 22.3 Å². The van der Waals surface area contributed by atoms with Gasteiger partial charge in [0.15, 0.2) is 0 Å². The number of carbonyl (C=O) groups excluding carboxylic acids is 2. The molecule has 120 valence electrons. The maximum Gasteiger partial charge on any atom is 0.271 e. The van der Waals surface area contributed by atoms with Crippen molar-refractivity contribution in [3.8, 4) is 5.75 Å². The Kier molecular flexibility index (Phi) is 6.00. The number of rotatable bonds is 5. The van der Waals surface area contributed by atoms with E-state index in [0.717, 1.165) is 5.56 Å². The van der Waals surface area contributed by atoms with Crippen molar-refractivity contribution in [1.29, 1.82) is 0 Å². The maximum absolute atomic E-state index is 11.9. The monoisotopic (exact) mass is 332 g/mol. The van der Waals surface area contributed by atoms with Crippen LogP contribution in [-0.4, -0.2) is 18.4 Å². The van der Waals surface area contributed by atoms with Gasteiger partial charge in [0.1, 0.15) is 5.75 Å². The highest BCUT2D eigenvalue weighted by Gasteiger charge is 2.10. The lowest BCUT2D eigenvalue weighted by Gasteiger charge is -2.09. The molecule has 0 aliphatic carbocycles. The van der Waals surface area contributed by atoms with E-state index in [1.165, 1.54) is 0 Å². The van der Waals surface area contributed by atoms with Crippen LogP contribution in [-0.2, 0) is 4.79 Å². The van der Waals surface area contributed by atoms with Crippen LogP contribution in [0.3, 0.4) is 0 Å². The minimum Gasteiger partial charge on any atom is -0.493 e. The first kappa shape index (κ1) is 16.8. The summed E-state index contributed by atoms with van der Waals surface area (Å²) in [6, 6.07) is 14.1. The molecule has 0 aliphatic heterocycles. The number of hydrazine groups is 1. The zero-order valence-electron chi connectivity index (χ0n) is 12.6. The highest BCUT2D eigenvalue weighted by molar-refractivity contribution is 6.33. The summed E-state index contributed by atoms with van der Waals surface area (Å²) in [6.07, 6.45) is 0.122. The Labute approximate surface area is 139 Å². The predicted molar refractivity (Wildman–Crippen MR) is 88.4 cm³/mol. The molecule has 2 aromatic rings. The normalized spacial score (nSPS) is 10.0. The van der Waals surface area contributed by atoms with Gasteiger partial charge in [0.25, 0.3) is 5.91 Å². The third-order valence-electron chi connectivity index (χ3n) is 3.02. The molecule has 0 spiro atoms. The van der Waals surface area contributed by atoms with E-state index >= 15 is 0 Å². The van der Waals surface area contributed by atoms with Crippen LogP contribution in [0.15, 0.2) is 48.5 Å². The molecule has 0 saturated carbocycles. The van der Waals surface area contributed by atoms with E-state index in [1.54, 1.807) is 24.3 Å². The fraction of sp³-hybridized carbons (Fsp3) is 0.176. The van der Waals surface area contributed by atoms with Gasteiger partial charge in [0.2, 0.25) is 5.91 Å². The molecule has 0 unspecified atom stereocenters. The van der Waals surface area contributed by atoms with E-state index in [9.17, 15) is 9.59 Å². The summed E-state index contributed by atoms with van der Waals surface area (Å²) < 4.78 is 5.47. The van der Waals surface area contributed by atoms with Gasteiger partial charge in [-0.05, 0) is 36.8 Å². The number of benzene rings is 2. The summed E-state index contributed by atoms with van der Waals surface area (Å²) in [4.78, 5) is 23.5. The number of aryl methyl sites for hydroxylation is 1. The van der Waals surface area contributed by atoms with Gasteiger partial charge in [-0.2, -0.15) is 0 Å². The smallest absolute Gasteiger partial charge is 0.271 e. The van der Waals surface area contributed by atoms with Crippen molar-refractivity contribution < 1.29 is 14.3 Å². The predicted octanol–water partition coefficient (Wildman–Crippen LogP) is 2.88. The molecule has 2 amide bonds. The fourth-order valence-electron chi connectivity index (χ4n) is 1.87. The van der Waals surface area contributed by atoms with Crippen molar-refractivity contribution in [2.75, 3.05) is 6.61 Å². The van der Waals surface area contributed by atoms with Gasteiger partial charge < -0.3 is 4.74 Å². The highest BCUT2D eigenvalue weighted by Crippen LogP contribution is 2.14. The van der Waals surface area contributed by atoms with Crippen LogP contribution in [0, 0.1) is 6.92 Å². The molecule has 0 radical (unpaired) electrons. The van der Waals surface area contributed by atoms with E-state index in [2.05, 4.69) is 10.9 Å². The summed E-state index contributed by atoms with van der Waals surface area (Å²) in [5.74, 6) is -0.112. The number of hydrogen-bond donors (Lipinski definition) is 2. The van der Waals surface area contributed by atoms with Crippen molar-refractivity contribution in [1.82, 2.24) is 10.9 Å². The molecule has 0 bridgehead atoms. The number of halogens is 1. The highest BCUT2D eigenvalue weighted by atomic mass is 35.5. The van der Waals surface area contributed by atoms with Crippen molar-refractivity contribution in [3.63, 3.8) is 0 Å². The third-order valence-corrected chi connectivity index (χ3v) is 3.35. The number of amides is 2. The van der Waals surface area contributed by atoms with Crippen LogP contribution in [0.5, 0.6) is 5.75 Å². The Bertz CT molecular complexity index is 704. The minimum atomic E-state index is -0.469. The Morgan fingerprint density at radius 1 is 1.09 bits per heavy atom. The van der Waals surface area contributed by atoms with Gasteiger partial charge in [-0.3, -0.25) is 20.4 Å². The Balaban J connectivity index is 1.73. The van der Waals surface area contributed by atoms with Crippen LogP contribution >= 0.6 is 11.6 Å². The molecule has 0 aliphatic rings. The van der Waals surface area contributed by atoms with Gasteiger partial charge in [-0.1, -0.05) is 35.9 Å². The zero-order valence-corrected chi connectivity index (χ0v) is 13.4. The average molecular weight is 333 g/mol. The number of nitrogens with one attached hydrogen (secondary N) is 2. The summed E-state index contributed by atoms with van der Waals surface area (Å²) >= 11 is 5.91. The Morgan fingerprint density at radius 2 is 1.87 bits per heavy atom. The molecule has 0 atom stereocenters. The molecule has 2 aromatic carbocycles. The third kappa shape index (κ3) is 5.30. The van der Waals surface area contributed by atoms with Gasteiger partial charge >= 0.3 is 0 Å². The Hall–Kier alpha value is -2.53. The molecule has 0 heterocycles. The zero-order chi connectivity index (χ0) is 16.7. The van der Waals surface area contributed by atoms with Crippen LogP contribution in [0.4, 0.5) is 0 Å². The van der Waals surface area contributed by atoms with E-state index in [-0.39, 0.29) is 18.9 Å². The summed E-state index contributed by atoms with van der Waals surface area (Å²) in [6.45, 7) is 2.18. The van der Waals surface area contributed by atoms with Crippen LogP contribution in [0.25, 0.3) is 0 Å². The first-order valence-corrected chi connectivity index (χ1v) is 7.47. The summed E-state index contributed by atoms with van der Waals surface area (Å²) in [5.41, 5.74) is 6.03. The molecule has 0 saturated heterocycles. The molecule has 2 rings (SSSR count). The molecule has 5 nitrogen and oxygen atoms in total. The minimum absolute atomic E-state index is 0.122. The van der Waals surface area contributed by atoms with Gasteiger partial charge in [0.05, 0.1) is 23.6 Å². The second-order valence-electron chi connectivity index (χ2n) is 4.90. The van der Waals surface area contributed by atoms with E-state index in [1.807, 2.05) is 31.2 Å². The van der Waals surface area contributed by atoms with Gasteiger partial charge in [-0.25, -0.2) is 0 Å². The molecule has 23 heavy (non-hydrogen) atoms. The molecular formula is C17H17ClN2O3. The SMILES string of the molecule is Cc1cccc(OCCC(=O)NNC(=O)c2ccccc2Cl)c1. The van der Waals surface area contributed by atoms with Gasteiger partial charge in [-0.15, -0.1) is 0 Å². The first-order valence-electron chi connectivity index (χ1n) is 7.09. The quantitative estimate of drug-likeness (QED) is 0.827. The summed E-state index contributed by atoms with van der Waals surface area (Å²) in [5, 5.41) is 0.321. The largest absolute Gasteiger partial charge is 0.493 e.